The molecule has 1 amide bonds. The molecule has 1 N–H and O–H groups in total. The molecule has 0 aliphatic carbocycles. The summed E-state index contributed by atoms with van der Waals surface area (Å²) in [5.74, 6) is -0.290. The maximum atomic E-state index is 12.5. The molecule has 2 aromatic heterocycles. The van der Waals surface area contributed by atoms with Crippen LogP contribution in [0, 0.1) is 13.8 Å². The monoisotopic (exact) mass is 389 g/mol. The van der Waals surface area contributed by atoms with Crippen LogP contribution >= 0.6 is 15.9 Å². The van der Waals surface area contributed by atoms with Crippen LogP contribution in [0.2, 0.25) is 0 Å². The van der Waals surface area contributed by atoms with E-state index in [-0.39, 0.29) is 18.0 Å². The number of benzene rings is 1. The van der Waals surface area contributed by atoms with Crippen molar-refractivity contribution in [1.82, 2.24) is 19.3 Å². The molecule has 0 bridgehead atoms. The van der Waals surface area contributed by atoms with Crippen molar-refractivity contribution >= 4 is 38.6 Å². The van der Waals surface area contributed by atoms with Crippen LogP contribution in [0.15, 0.2) is 33.9 Å². The lowest BCUT2D eigenvalue weighted by Crippen LogP contribution is -2.28. The Morgan fingerprint density at radius 2 is 2.04 bits per heavy atom. The normalized spacial score (nSPS) is 11.0. The standard InChI is InChI=1S/C16H16BrN5O2/c1-9-4-5-11(6-10(9)2)19-12(23)7-22-8-18-15-13(16(22)24)14(17)20-21(15)3/h4-6,8H,7H2,1-3H3,(H,19,23). The third-order valence-electron chi connectivity index (χ3n) is 3.87. The van der Waals surface area contributed by atoms with Gasteiger partial charge in [0.15, 0.2) is 5.65 Å². The second kappa shape index (κ2) is 6.20. The van der Waals surface area contributed by atoms with E-state index >= 15 is 0 Å². The average molecular weight is 390 g/mol. The molecule has 3 rings (SSSR count). The summed E-state index contributed by atoms with van der Waals surface area (Å²) in [5.41, 5.74) is 3.10. The third kappa shape index (κ3) is 2.96. The molecule has 0 aliphatic rings. The molecular formula is C16H16BrN5O2. The number of amides is 1. The van der Waals surface area contributed by atoms with Gasteiger partial charge in [0, 0.05) is 12.7 Å². The molecule has 2 heterocycles. The topological polar surface area (TPSA) is 81.8 Å². The van der Waals surface area contributed by atoms with Crippen molar-refractivity contribution in [2.45, 2.75) is 20.4 Å². The molecule has 0 spiro atoms. The van der Waals surface area contributed by atoms with Crippen molar-refractivity contribution < 1.29 is 4.79 Å². The maximum Gasteiger partial charge on any atom is 0.266 e. The summed E-state index contributed by atoms with van der Waals surface area (Å²) in [6, 6.07) is 5.68. The van der Waals surface area contributed by atoms with E-state index < -0.39 is 0 Å². The van der Waals surface area contributed by atoms with Crippen LogP contribution in [0.4, 0.5) is 5.69 Å². The Morgan fingerprint density at radius 3 is 2.75 bits per heavy atom. The highest BCUT2D eigenvalue weighted by Gasteiger charge is 2.15. The number of aromatic nitrogens is 4. The Bertz CT molecular complexity index is 1010. The minimum atomic E-state index is -0.310. The Kier molecular flexibility index (Phi) is 4.23. The van der Waals surface area contributed by atoms with Gasteiger partial charge in [-0.25, -0.2) is 9.67 Å². The zero-order valence-electron chi connectivity index (χ0n) is 13.5. The summed E-state index contributed by atoms with van der Waals surface area (Å²) >= 11 is 3.25. The number of fused-ring (bicyclic) bond motifs is 1. The van der Waals surface area contributed by atoms with Crippen molar-refractivity contribution in [3.63, 3.8) is 0 Å². The molecule has 0 atom stereocenters. The van der Waals surface area contributed by atoms with Gasteiger partial charge in [0.2, 0.25) is 5.91 Å². The predicted octanol–water partition coefficient (Wildman–Crippen LogP) is 2.15. The molecule has 24 heavy (non-hydrogen) atoms. The number of hydrogen-bond acceptors (Lipinski definition) is 4. The number of nitrogens with zero attached hydrogens (tertiary/aromatic N) is 4. The number of halogens is 1. The highest BCUT2D eigenvalue weighted by atomic mass is 79.9. The Morgan fingerprint density at radius 1 is 1.29 bits per heavy atom. The summed E-state index contributed by atoms with van der Waals surface area (Å²) in [4.78, 5) is 28.9. The van der Waals surface area contributed by atoms with Gasteiger partial charge in [0.05, 0.1) is 0 Å². The van der Waals surface area contributed by atoms with Crippen LogP contribution < -0.4 is 10.9 Å². The number of carbonyl (C=O) groups is 1. The van der Waals surface area contributed by atoms with Crippen molar-refractivity contribution in [2.75, 3.05) is 5.32 Å². The van der Waals surface area contributed by atoms with Crippen LogP contribution in [0.3, 0.4) is 0 Å². The van der Waals surface area contributed by atoms with E-state index in [4.69, 9.17) is 0 Å². The molecule has 0 radical (unpaired) electrons. The van der Waals surface area contributed by atoms with Crippen molar-refractivity contribution in [2.24, 2.45) is 7.05 Å². The Hall–Kier alpha value is -2.48. The Balaban J connectivity index is 1.85. The lowest BCUT2D eigenvalue weighted by Gasteiger charge is -2.09. The van der Waals surface area contributed by atoms with Gasteiger partial charge in [-0.1, -0.05) is 6.07 Å². The first-order chi connectivity index (χ1) is 11.4. The quantitative estimate of drug-likeness (QED) is 0.743. The zero-order valence-corrected chi connectivity index (χ0v) is 15.1. The fourth-order valence-electron chi connectivity index (χ4n) is 2.42. The van der Waals surface area contributed by atoms with Crippen LogP contribution in [-0.4, -0.2) is 25.2 Å². The first-order valence-electron chi connectivity index (χ1n) is 7.31. The summed E-state index contributed by atoms with van der Waals surface area (Å²) in [7, 11) is 1.70. The van der Waals surface area contributed by atoms with Crippen molar-refractivity contribution in [3.05, 3.63) is 50.6 Å². The number of aryl methyl sites for hydroxylation is 3. The summed E-state index contributed by atoms with van der Waals surface area (Å²) in [5, 5.41) is 7.27. The largest absolute Gasteiger partial charge is 0.325 e. The van der Waals surface area contributed by atoms with E-state index in [1.54, 1.807) is 7.05 Å². The molecule has 0 saturated carbocycles. The molecular weight excluding hydrogens is 374 g/mol. The van der Waals surface area contributed by atoms with E-state index in [0.717, 1.165) is 11.1 Å². The van der Waals surface area contributed by atoms with Gasteiger partial charge in [0.25, 0.3) is 5.56 Å². The number of hydrogen-bond donors (Lipinski definition) is 1. The second-order valence-electron chi connectivity index (χ2n) is 5.64. The van der Waals surface area contributed by atoms with Crippen molar-refractivity contribution in [3.8, 4) is 0 Å². The van der Waals surface area contributed by atoms with E-state index in [1.165, 1.54) is 15.6 Å². The number of rotatable bonds is 3. The maximum absolute atomic E-state index is 12.5. The summed E-state index contributed by atoms with van der Waals surface area (Å²) in [6.07, 6.45) is 1.36. The van der Waals surface area contributed by atoms with E-state index in [2.05, 4.69) is 31.3 Å². The minimum absolute atomic E-state index is 0.115. The fourth-order valence-corrected chi connectivity index (χ4v) is 3.01. The highest BCUT2D eigenvalue weighted by Crippen LogP contribution is 2.17. The third-order valence-corrected chi connectivity index (χ3v) is 4.43. The van der Waals surface area contributed by atoms with Gasteiger partial charge in [-0.05, 0) is 53.0 Å². The fraction of sp³-hybridized carbons (Fsp3) is 0.250. The molecule has 8 heteroatoms. The van der Waals surface area contributed by atoms with E-state index in [0.29, 0.717) is 21.3 Å². The SMILES string of the molecule is Cc1ccc(NC(=O)Cn2cnc3c(c(Br)nn3C)c2=O)cc1C. The number of anilines is 1. The molecule has 0 aliphatic heterocycles. The van der Waals surface area contributed by atoms with Crippen LogP contribution in [-0.2, 0) is 18.4 Å². The molecule has 0 fully saturated rings. The lowest BCUT2D eigenvalue weighted by molar-refractivity contribution is -0.116. The first kappa shape index (κ1) is 16.4. The molecule has 7 nitrogen and oxygen atoms in total. The molecule has 1 aromatic carbocycles. The van der Waals surface area contributed by atoms with E-state index in [9.17, 15) is 9.59 Å². The molecule has 3 aromatic rings. The lowest BCUT2D eigenvalue weighted by atomic mass is 10.1. The summed E-state index contributed by atoms with van der Waals surface area (Å²) < 4.78 is 3.20. The minimum Gasteiger partial charge on any atom is -0.325 e. The second-order valence-corrected chi connectivity index (χ2v) is 6.39. The van der Waals surface area contributed by atoms with Crippen molar-refractivity contribution in [1.29, 1.82) is 0 Å². The van der Waals surface area contributed by atoms with E-state index in [1.807, 2.05) is 32.0 Å². The first-order valence-corrected chi connectivity index (χ1v) is 8.11. The van der Waals surface area contributed by atoms with Crippen LogP contribution in [0.5, 0.6) is 0 Å². The van der Waals surface area contributed by atoms with Gasteiger partial charge in [-0.2, -0.15) is 5.10 Å². The van der Waals surface area contributed by atoms with Gasteiger partial charge in [0.1, 0.15) is 22.9 Å². The highest BCUT2D eigenvalue weighted by molar-refractivity contribution is 9.10. The van der Waals surface area contributed by atoms with Gasteiger partial charge < -0.3 is 5.32 Å². The van der Waals surface area contributed by atoms with Gasteiger partial charge >= 0.3 is 0 Å². The number of nitrogens with one attached hydrogen (secondary N) is 1. The predicted molar refractivity (Wildman–Crippen MR) is 95.0 cm³/mol. The molecule has 124 valence electrons. The summed E-state index contributed by atoms with van der Waals surface area (Å²) in [6.45, 7) is 3.87. The smallest absolute Gasteiger partial charge is 0.266 e. The molecule has 0 unspecified atom stereocenters. The van der Waals surface area contributed by atoms with Gasteiger partial charge in [-0.15, -0.1) is 0 Å². The van der Waals surface area contributed by atoms with Crippen LogP contribution in [0.1, 0.15) is 11.1 Å². The van der Waals surface area contributed by atoms with Gasteiger partial charge in [-0.3, -0.25) is 14.2 Å². The zero-order chi connectivity index (χ0) is 17.4. The molecule has 0 saturated heterocycles. The average Bonchev–Trinajstić information content (AvgIpc) is 2.81. The van der Waals surface area contributed by atoms with Crippen LogP contribution in [0.25, 0.3) is 11.0 Å². The Labute approximate surface area is 146 Å². The number of carbonyl (C=O) groups excluding carboxylic acids is 1.